The second-order valence-electron chi connectivity index (χ2n) is 5.24. The smallest absolute Gasteiger partial charge is 0.203 e. The number of rotatable bonds is 8. The molecular formula is C18H22FNO4. The van der Waals surface area contributed by atoms with Gasteiger partial charge >= 0.3 is 0 Å². The van der Waals surface area contributed by atoms with Gasteiger partial charge in [0.1, 0.15) is 5.82 Å². The number of methoxy groups -OCH3 is 3. The van der Waals surface area contributed by atoms with Crippen LogP contribution in [-0.4, -0.2) is 33.0 Å². The molecule has 24 heavy (non-hydrogen) atoms. The van der Waals surface area contributed by atoms with Crippen LogP contribution in [-0.2, 0) is 6.54 Å². The number of benzene rings is 2. The number of ether oxygens (including phenoxy) is 3. The van der Waals surface area contributed by atoms with Crippen molar-refractivity contribution in [3.8, 4) is 17.2 Å². The van der Waals surface area contributed by atoms with Crippen molar-refractivity contribution in [3.63, 3.8) is 0 Å². The fourth-order valence-corrected chi connectivity index (χ4v) is 2.42. The molecule has 0 spiro atoms. The maximum Gasteiger partial charge on any atom is 0.203 e. The fourth-order valence-electron chi connectivity index (χ4n) is 2.42. The molecule has 0 bridgehead atoms. The third-order valence-electron chi connectivity index (χ3n) is 3.62. The van der Waals surface area contributed by atoms with Crippen molar-refractivity contribution in [2.75, 3.05) is 27.9 Å². The number of hydrogen-bond acceptors (Lipinski definition) is 5. The maximum absolute atomic E-state index is 13.2. The Bertz CT molecular complexity index is 653. The molecule has 0 radical (unpaired) electrons. The molecule has 0 aliphatic rings. The third-order valence-corrected chi connectivity index (χ3v) is 3.62. The van der Waals surface area contributed by atoms with Crippen molar-refractivity contribution < 1.29 is 23.7 Å². The van der Waals surface area contributed by atoms with Gasteiger partial charge in [0.05, 0.1) is 27.4 Å². The van der Waals surface area contributed by atoms with Crippen LogP contribution in [0, 0.1) is 5.82 Å². The molecule has 0 saturated carbocycles. The summed E-state index contributed by atoms with van der Waals surface area (Å²) < 4.78 is 29.1. The first-order valence-electron chi connectivity index (χ1n) is 7.52. The molecule has 5 nitrogen and oxygen atoms in total. The Labute approximate surface area is 141 Å². The van der Waals surface area contributed by atoms with Crippen molar-refractivity contribution in [1.82, 2.24) is 5.32 Å². The van der Waals surface area contributed by atoms with E-state index in [1.165, 1.54) is 12.1 Å². The molecule has 0 unspecified atom stereocenters. The van der Waals surface area contributed by atoms with Gasteiger partial charge in [0.2, 0.25) is 5.75 Å². The molecule has 0 fully saturated rings. The number of aliphatic hydroxyl groups is 1. The van der Waals surface area contributed by atoms with Crippen molar-refractivity contribution in [1.29, 1.82) is 0 Å². The van der Waals surface area contributed by atoms with Gasteiger partial charge in [-0.15, -0.1) is 0 Å². The van der Waals surface area contributed by atoms with Gasteiger partial charge in [0, 0.05) is 13.1 Å². The lowest BCUT2D eigenvalue weighted by Gasteiger charge is -2.15. The zero-order chi connectivity index (χ0) is 17.5. The van der Waals surface area contributed by atoms with E-state index in [-0.39, 0.29) is 5.82 Å². The minimum absolute atomic E-state index is 0.292. The molecule has 1 atom stereocenters. The molecule has 0 saturated heterocycles. The Kier molecular flexibility index (Phi) is 6.40. The summed E-state index contributed by atoms with van der Waals surface area (Å²) in [5, 5.41) is 13.2. The molecule has 0 aliphatic heterocycles. The van der Waals surface area contributed by atoms with Crippen molar-refractivity contribution >= 4 is 0 Å². The maximum atomic E-state index is 13.2. The summed E-state index contributed by atoms with van der Waals surface area (Å²) in [6.45, 7) is 0.781. The van der Waals surface area contributed by atoms with E-state index in [1.807, 2.05) is 12.1 Å². The second kappa shape index (κ2) is 8.52. The largest absolute Gasteiger partial charge is 0.493 e. The highest BCUT2D eigenvalue weighted by Gasteiger charge is 2.13. The van der Waals surface area contributed by atoms with Crippen LogP contribution >= 0.6 is 0 Å². The first kappa shape index (κ1) is 18.0. The first-order valence-corrected chi connectivity index (χ1v) is 7.52. The van der Waals surface area contributed by atoms with Gasteiger partial charge in [0.15, 0.2) is 11.5 Å². The van der Waals surface area contributed by atoms with E-state index in [0.717, 1.165) is 5.56 Å². The van der Waals surface area contributed by atoms with E-state index in [1.54, 1.807) is 33.5 Å². The van der Waals surface area contributed by atoms with Gasteiger partial charge in [0.25, 0.3) is 0 Å². The highest BCUT2D eigenvalue weighted by molar-refractivity contribution is 5.53. The lowest BCUT2D eigenvalue weighted by molar-refractivity contribution is 0.174. The van der Waals surface area contributed by atoms with Gasteiger partial charge in [-0.05, 0) is 35.4 Å². The zero-order valence-electron chi connectivity index (χ0n) is 14.0. The predicted molar refractivity (Wildman–Crippen MR) is 89.2 cm³/mol. The van der Waals surface area contributed by atoms with E-state index in [4.69, 9.17) is 14.2 Å². The van der Waals surface area contributed by atoms with E-state index in [0.29, 0.717) is 35.9 Å². The van der Waals surface area contributed by atoms with Crippen LogP contribution in [0.2, 0.25) is 0 Å². The summed E-state index contributed by atoms with van der Waals surface area (Å²) in [5.41, 5.74) is 1.45. The van der Waals surface area contributed by atoms with E-state index >= 15 is 0 Å². The quantitative estimate of drug-likeness (QED) is 0.777. The summed E-state index contributed by atoms with van der Waals surface area (Å²) >= 11 is 0. The Hall–Kier alpha value is -2.31. The van der Waals surface area contributed by atoms with Crippen LogP contribution < -0.4 is 19.5 Å². The second-order valence-corrected chi connectivity index (χ2v) is 5.24. The normalized spacial score (nSPS) is 11.9. The molecule has 0 aliphatic carbocycles. The Balaban J connectivity index is 2.01. The van der Waals surface area contributed by atoms with Crippen LogP contribution in [0.4, 0.5) is 4.39 Å². The summed E-state index contributed by atoms with van der Waals surface area (Å²) in [4.78, 5) is 0. The van der Waals surface area contributed by atoms with Crippen LogP contribution in [0.25, 0.3) is 0 Å². The minimum atomic E-state index is -0.789. The Morgan fingerprint density at radius 1 is 1.04 bits per heavy atom. The molecule has 2 rings (SSSR count). The van der Waals surface area contributed by atoms with Gasteiger partial charge in [-0.2, -0.15) is 0 Å². The lowest BCUT2D eigenvalue weighted by Crippen LogP contribution is -2.21. The standard InChI is InChI=1S/C18H22FNO4/c1-22-16-7-12(8-17(23-2)18(16)24-3)10-20-11-15(21)13-5-4-6-14(19)9-13/h4-9,15,20-21H,10-11H2,1-3H3/t15-/m1/s1. The Morgan fingerprint density at radius 3 is 2.25 bits per heavy atom. The van der Waals surface area contributed by atoms with Crippen molar-refractivity contribution in [2.24, 2.45) is 0 Å². The molecule has 0 heterocycles. The number of nitrogens with one attached hydrogen (secondary N) is 1. The summed E-state index contributed by atoms with van der Waals surface area (Å²) in [6, 6.07) is 9.61. The van der Waals surface area contributed by atoms with E-state index in [2.05, 4.69) is 5.32 Å². The molecule has 2 aromatic carbocycles. The summed E-state index contributed by atoms with van der Waals surface area (Å²) in [5.74, 6) is 1.30. The summed E-state index contributed by atoms with van der Waals surface area (Å²) in [6.07, 6.45) is -0.789. The van der Waals surface area contributed by atoms with Gasteiger partial charge in [-0.3, -0.25) is 0 Å². The van der Waals surface area contributed by atoms with E-state index in [9.17, 15) is 9.50 Å². The van der Waals surface area contributed by atoms with Crippen molar-refractivity contribution in [3.05, 3.63) is 53.3 Å². The summed E-state index contributed by atoms with van der Waals surface area (Å²) in [7, 11) is 4.66. The van der Waals surface area contributed by atoms with E-state index < -0.39 is 6.10 Å². The van der Waals surface area contributed by atoms with Crippen LogP contribution in [0.1, 0.15) is 17.2 Å². The number of aliphatic hydroxyl groups excluding tert-OH is 1. The monoisotopic (exact) mass is 335 g/mol. The first-order chi connectivity index (χ1) is 11.6. The average Bonchev–Trinajstić information content (AvgIpc) is 2.60. The SMILES string of the molecule is COc1cc(CNC[C@@H](O)c2cccc(F)c2)cc(OC)c1OC. The molecule has 0 aromatic heterocycles. The molecule has 0 amide bonds. The topological polar surface area (TPSA) is 60.0 Å². The predicted octanol–water partition coefficient (Wildman–Crippen LogP) is 2.67. The van der Waals surface area contributed by atoms with Gasteiger partial charge in [-0.25, -0.2) is 4.39 Å². The van der Waals surface area contributed by atoms with Crippen molar-refractivity contribution in [2.45, 2.75) is 12.6 Å². The molecule has 2 N–H and O–H groups in total. The number of hydrogen-bond donors (Lipinski definition) is 2. The molecular weight excluding hydrogens is 313 g/mol. The fraction of sp³-hybridized carbons (Fsp3) is 0.333. The van der Waals surface area contributed by atoms with Gasteiger partial charge < -0.3 is 24.6 Å². The highest BCUT2D eigenvalue weighted by Crippen LogP contribution is 2.38. The lowest BCUT2D eigenvalue weighted by atomic mass is 10.1. The van der Waals surface area contributed by atoms with Gasteiger partial charge in [-0.1, -0.05) is 12.1 Å². The molecule has 6 heteroatoms. The van der Waals surface area contributed by atoms with Crippen LogP contribution in [0.5, 0.6) is 17.2 Å². The van der Waals surface area contributed by atoms with Crippen LogP contribution in [0.15, 0.2) is 36.4 Å². The zero-order valence-corrected chi connectivity index (χ0v) is 14.0. The minimum Gasteiger partial charge on any atom is -0.493 e. The molecule has 130 valence electrons. The third kappa shape index (κ3) is 4.37. The number of halogens is 1. The molecule has 2 aromatic rings. The average molecular weight is 335 g/mol. The Morgan fingerprint density at radius 2 is 1.71 bits per heavy atom. The van der Waals surface area contributed by atoms with Crippen LogP contribution in [0.3, 0.4) is 0 Å². The highest BCUT2D eigenvalue weighted by atomic mass is 19.1.